The first-order valence-corrected chi connectivity index (χ1v) is 7.20. The van der Waals surface area contributed by atoms with Gasteiger partial charge in [-0.05, 0) is 51.1 Å². The van der Waals surface area contributed by atoms with Crippen LogP contribution in [0.4, 0.5) is 11.4 Å². The minimum absolute atomic E-state index is 0.0394. The highest BCUT2D eigenvalue weighted by Crippen LogP contribution is 2.24. The Kier molecular flexibility index (Phi) is 4.95. The van der Waals surface area contributed by atoms with Crippen LogP contribution < -0.4 is 10.1 Å². The van der Waals surface area contributed by atoms with Crippen molar-refractivity contribution in [1.82, 2.24) is 0 Å². The number of nitro groups is 1. The Morgan fingerprint density at radius 1 is 1.17 bits per heavy atom. The van der Waals surface area contributed by atoms with Gasteiger partial charge >= 0.3 is 0 Å². The number of carbonyl (C=O) groups is 1. The van der Waals surface area contributed by atoms with E-state index in [1.807, 2.05) is 13.8 Å². The van der Waals surface area contributed by atoms with Crippen LogP contribution >= 0.6 is 0 Å². The van der Waals surface area contributed by atoms with E-state index in [2.05, 4.69) is 5.32 Å². The van der Waals surface area contributed by atoms with Crippen molar-refractivity contribution in [1.29, 1.82) is 0 Å². The lowest BCUT2D eigenvalue weighted by Crippen LogP contribution is -2.14. The van der Waals surface area contributed by atoms with Gasteiger partial charge in [-0.1, -0.05) is 12.1 Å². The Balaban J connectivity index is 2.20. The summed E-state index contributed by atoms with van der Waals surface area (Å²) in [5, 5.41) is 13.8. The number of nitro benzene ring substituents is 1. The van der Waals surface area contributed by atoms with Crippen LogP contribution in [-0.4, -0.2) is 16.9 Å². The number of hydrogen-bond acceptors (Lipinski definition) is 4. The van der Waals surface area contributed by atoms with Crippen molar-refractivity contribution in [3.05, 3.63) is 63.7 Å². The molecule has 6 heteroatoms. The van der Waals surface area contributed by atoms with E-state index in [4.69, 9.17) is 4.74 Å². The number of para-hydroxylation sites is 1. The first kappa shape index (κ1) is 16.5. The number of nitrogens with zero attached hydrogens (tertiary/aromatic N) is 1. The van der Waals surface area contributed by atoms with Crippen LogP contribution in [-0.2, 0) is 0 Å². The van der Waals surface area contributed by atoms with Crippen LogP contribution in [0.25, 0.3) is 0 Å². The molecule has 0 aliphatic rings. The van der Waals surface area contributed by atoms with Crippen molar-refractivity contribution in [3.8, 4) is 5.75 Å². The topological polar surface area (TPSA) is 81.5 Å². The van der Waals surface area contributed by atoms with E-state index >= 15 is 0 Å². The molecule has 0 saturated carbocycles. The van der Waals surface area contributed by atoms with Crippen molar-refractivity contribution >= 4 is 17.3 Å². The fraction of sp³-hybridized carbons (Fsp3) is 0.235. The van der Waals surface area contributed by atoms with E-state index in [0.29, 0.717) is 17.0 Å². The maximum atomic E-state index is 12.3. The van der Waals surface area contributed by atoms with Gasteiger partial charge in [0.15, 0.2) is 0 Å². The molecule has 0 aliphatic carbocycles. The number of carbonyl (C=O) groups excluding carboxylic acids is 1. The summed E-state index contributed by atoms with van der Waals surface area (Å²) < 4.78 is 5.52. The number of rotatable bonds is 5. The number of benzene rings is 2. The highest BCUT2D eigenvalue weighted by molar-refractivity contribution is 6.07. The molecule has 0 fully saturated rings. The highest BCUT2D eigenvalue weighted by Gasteiger charge is 2.22. The molecule has 0 bridgehead atoms. The Labute approximate surface area is 134 Å². The normalized spacial score (nSPS) is 10.4. The fourth-order valence-corrected chi connectivity index (χ4v) is 2.17. The molecule has 0 heterocycles. The molecule has 0 atom stereocenters. The summed E-state index contributed by atoms with van der Waals surface area (Å²) in [5.74, 6) is 0.178. The molecule has 23 heavy (non-hydrogen) atoms. The monoisotopic (exact) mass is 314 g/mol. The van der Waals surface area contributed by atoms with Gasteiger partial charge in [-0.2, -0.15) is 0 Å². The molecule has 1 amide bonds. The summed E-state index contributed by atoms with van der Waals surface area (Å²) in [6.07, 6.45) is 0.0605. The fourth-order valence-electron chi connectivity index (χ4n) is 2.17. The molecule has 6 nitrogen and oxygen atoms in total. The number of nitrogens with one attached hydrogen (secondary N) is 1. The summed E-state index contributed by atoms with van der Waals surface area (Å²) in [6.45, 7) is 5.45. The second-order valence-corrected chi connectivity index (χ2v) is 5.37. The lowest BCUT2D eigenvalue weighted by atomic mass is 10.1. The SMILES string of the molecule is Cc1cccc(C(=O)Nc2ccc(OC(C)C)cc2)c1[N+](=O)[O-]. The average molecular weight is 314 g/mol. The highest BCUT2D eigenvalue weighted by atomic mass is 16.6. The van der Waals surface area contributed by atoms with Crippen molar-refractivity contribution in [2.45, 2.75) is 26.9 Å². The van der Waals surface area contributed by atoms with Gasteiger partial charge < -0.3 is 10.1 Å². The Morgan fingerprint density at radius 3 is 2.39 bits per heavy atom. The molecule has 0 unspecified atom stereocenters. The third-order valence-corrected chi connectivity index (χ3v) is 3.15. The van der Waals surface area contributed by atoms with Crippen molar-refractivity contribution in [2.75, 3.05) is 5.32 Å². The molecule has 0 aliphatic heterocycles. The number of amides is 1. The van der Waals surface area contributed by atoms with E-state index in [9.17, 15) is 14.9 Å². The predicted molar refractivity (Wildman–Crippen MR) is 88.0 cm³/mol. The quantitative estimate of drug-likeness (QED) is 0.669. The van der Waals surface area contributed by atoms with E-state index in [1.165, 1.54) is 6.07 Å². The molecule has 2 aromatic carbocycles. The summed E-state index contributed by atoms with van der Waals surface area (Å²) >= 11 is 0. The first-order valence-electron chi connectivity index (χ1n) is 7.20. The number of anilines is 1. The van der Waals surface area contributed by atoms with E-state index < -0.39 is 10.8 Å². The van der Waals surface area contributed by atoms with Crippen molar-refractivity contribution in [3.63, 3.8) is 0 Å². The Morgan fingerprint density at radius 2 is 1.83 bits per heavy atom. The summed E-state index contributed by atoms with van der Waals surface area (Å²) in [5.41, 5.74) is 0.854. The molecule has 2 aromatic rings. The molecule has 1 N–H and O–H groups in total. The molecule has 0 radical (unpaired) electrons. The molecule has 2 rings (SSSR count). The minimum atomic E-state index is -0.538. The summed E-state index contributed by atoms with van der Waals surface area (Å²) in [6, 6.07) is 11.5. The lowest BCUT2D eigenvalue weighted by Gasteiger charge is -2.11. The first-order chi connectivity index (χ1) is 10.9. The maximum absolute atomic E-state index is 12.3. The Bertz CT molecular complexity index is 724. The minimum Gasteiger partial charge on any atom is -0.491 e. The molecular formula is C17H18N2O4. The van der Waals surface area contributed by atoms with Crippen LogP contribution in [0.5, 0.6) is 5.75 Å². The van der Waals surface area contributed by atoms with Crippen LogP contribution in [0.3, 0.4) is 0 Å². The van der Waals surface area contributed by atoms with Gasteiger partial charge in [0.05, 0.1) is 11.0 Å². The number of hydrogen-bond donors (Lipinski definition) is 1. The summed E-state index contributed by atoms with van der Waals surface area (Å²) in [4.78, 5) is 22.9. The van der Waals surface area contributed by atoms with Gasteiger partial charge in [0, 0.05) is 11.3 Å². The van der Waals surface area contributed by atoms with Crippen LogP contribution in [0.2, 0.25) is 0 Å². The van der Waals surface area contributed by atoms with Gasteiger partial charge in [0.25, 0.3) is 11.6 Å². The average Bonchev–Trinajstić information content (AvgIpc) is 2.48. The molecule has 120 valence electrons. The third-order valence-electron chi connectivity index (χ3n) is 3.15. The van der Waals surface area contributed by atoms with Gasteiger partial charge in [-0.15, -0.1) is 0 Å². The molecule has 0 saturated heterocycles. The number of aryl methyl sites for hydroxylation is 1. The van der Waals surface area contributed by atoms with Gasteiger partial charge in [-0.25, -0.2) is 0 Å². The molecule has 0 spiro atoms. The molecule has 0 aromatic heterocycles. The molecular weight excluding hydrogens is 296 g/mol. The van der Waals surface area contributed by atoms with Crippen molar-refractivity contribution < 1.29 is 14.5 Å². The maximum Gasteiger partial charge on any atom is 0.285 e. The van der Waals surface area contributed by atoms with E-state index in [1.54, 1.807) is 43.3 Å². The smallest absolute Gasteiger partial charge is 0.285 e. The van der Waals surface area contributed by atoms with Crippen LogP contribution in [0, 0.1) is 17.0 Å². The second kappa shape index (κ2) is 6.91. The van der Waals surface area contributed by atoms with Gasteiger partial charge in [-0.3, -0.25) is 14.9 Å². The summed E-state index contributed by atoms with van der Waals surface area (Å²) in [7, 11) is 0. The van der Waals surface area contributed by atoms with E-state index in [0.717, 1.165) is 0 Å². The second-order valence-electron chi connectivity index (χ2n) is 5.37. The Hall–Kier alpha value is -2.89. The number of ether oxygens (including phenoxy) is 1. The third kappa shape index (κ3) is 4.06. The van der Waals surface area contributed by atoms with Crippen LogP contribution in [0.1, 0.15) is 29.8 Å². The van der Waals surface area contributed by atoms with Gasteiger partial charge in [0.1, 0.15) is 11.3 Å². The van der Waals surface area contributed by atoms with Crippen LogP contribution in [0.15, 0.2) is 42.5 Å². The lowest BCUT2D eigenvalue weighted by molar-refractivity contribution is -0.385. The zero-order valence-corrected chi connectivity index (χ0v) is 13.2. The van der Waals surface area contributed by atoms with Crippen molar-refractivity contribution in [2.24, 2.45) is 0 Å². The predicted octanol–water partition coefficient (Wildman–Crippen LogP) is 3.94. The van der Waals surface area contributed by atoms with Gasteiger partial charge in [0.2, 0.25) is 0 Å². The zero-order chi connectivity index (χ0) is 17.0. The largest absolute Gasteiger partial charge is 0.491 e. The zero-order valence-electron chi connectivity index (χ0n) is 13.2. The standard InChI is InChI=1S/C17H18N2O4/c1-11(2)23-14-9-7-13(8-10-14)18-17(20)15-6-4-5-12(3)16(15)19(21)22/h4-11H,1-3H3,(H,18,20). The van der Waals surface area contributed by atoms with E-state index in [-0.39, 0.29) is 17.4 Å².